The first-order valence-electron chi connectivity index (χ1n) is 5.57. The monoisotopic (exact) mass is 215 g/mol. The van der Waals surface area contributed by atoms with Gasteiger partial charge in [0.05, 0.1) is 5.69 Å². The van der Waals surface area contributed by atoms with Gasteiger partial charge in [0.1, 0.15) is 0 Å². The van der Waals surface area contributed by atoms with E-state index in [1.165, 1.54) is 22.3 Å². The molecule has 2 heteroatoms. The van der Waals surface area contributed by atoms with Crippen LogP contribution in [0, 0.1) is 27.7 Å². The number of benzene rings is 1. The van der Waals surface area contributed by atoms with E-state index in [-0.39, 0.29) is 5.91 Å². The van der Waals surface area contributed by atoms with E-state index >= 15 is 0 Å². The summed E-state index contributed by atoms with van der Waals surface area (Å²) in [5.41, 5.74) is 7.85. The SMILES string of the molecule is C/C=C1\C(=O)Nc2c(C)c(C)c(C)c(C)c21. The number of carbonyl (C=O) groups excluding carboxylic acids is 1. The third-order valence-electron chi connectivity index (χ3n) is 3.73. The molecular weight excluding hydrogens is 198 g/mol. The molecule has 0 spiro atoms. The smallest absolute Gasteiger partial charge is 0.256 e. The Morgan fingerprint density at radius 1 is 0.938 bits per heavy atom. The number of nitrogens with one attached hydrogen (secondary N) is 1. The van der Waals surface area contributed by atoms with Crippen LogP contribution in [0.2, 0.25) is 0 Å². The third kappa shape index (κ3) is 1.22. The van der Waals surface area contributed by atoms with E-state index in [2.05, 4.69) is 33.0 Å². The molecule has 0 saturated carbocycles. The van der Waals surface area contributed by atoms with Crippen molar-refractivity contribution in [2.75, 3.05) is 5.32 Å². The zero-order chi connectivity index (χ0) is 12.0. The predicted molar refractivity (Wildman–Crippen MR) is 67.7 cm³/mol. The van der Waals surface area contributed by atoms with Gasteiger partial charge >= 0.3 is 0 Å². The summed E-state index contributed by atoms with van der Waals surface area (Å²) in [5, 5.41) is 2.97. The number of allylic oxidation sites excluding steroid dienone is 1. The number of hydrogen-bond donors (Lipinski definition) is 1. The summed E-state index contributed by atoms with van der Waals surface area (Å²) in [6.07, 6.45) is 1.89. The van der Waals surface area contributed by atoms with Gasteiger partial charge in [-0.1, -0.05) is 6.08 Å². The van der Waals surface area contributed by atoms with Crippen molar-refractivity contribution in [1.29, 1.82) is 0 Å². The van der Waals surface area contributed by atoms with Gasteiger partial charge in [-0.2, -0.15) is 0 Å². The zero-order valence-electron chi connectivity index (χ0n) is 10.5. The summed E-state index contributed by atoms with van der Waals surface area (Å²) in [5.74, 6) is 0.0219. The molecule has 16 heavy (non-hydrogen) atoms. The van der Waals surface area contributed by atoms with Gasteiger partial charge in [-0.3, -0.25) is 4.79 Å². The van der Waals surface area contributed by atoms with Gasteiger partial charge in [-0.15, -0.1) is 0 Å². The van der Waals surface area contributed by atoms with Crippen molar-refractivity contribution in [3.8, 4) is 0 Å². The van der Waals surface area contributed by atoms with Crippen LogP contribution in [0.1, 0.15) is 34.7 Å². The van der Waals surface area contributed by atoms with Gasteiger partial charge in [-0.05, 0) is 56.9 Å². The highest BCUT2D eigenvalue weighted by atomic mass is 16.2. The Hall–Kier alpha value is -1.57. The fraction of sp³-hybridized carbons (Fsp3) is 0.357. The molecule has 0 saturated heterocycles. The first-order chi connectivity index (χ1) is 7.49. The molecule has 1 amide bonds. The molecule has 0 fully saturated rings. The molecule has 0 aromatic heterocycles. The van der Waals surface area contributed by atoms with Crippen LogP contribution >= 0.6 is 0 Å². The van der Waals surface area contributed by atoms with Gasteiger partial charge in [0.2, 0.25) is 0 Å². The van der Waals surface area contributed by atoms with Crippen LogP contribution in [0.25, 0.3) is 5.57 Å². The van der Waals surface area contributed by atoms with Gasteiger partial charge in [-0.25, -0.2) is 0 Å². The molecule has 1 aliphatic rings. The van der Waals surface area contributed by atoms with E-state index in [9.17, 15) is 4.79 Å². The van der Waals surface area contributed by atoms with Crippen molar-refractivity contribution < 1.29 is 4.79 Å². The van der Waals surface area contributed by atoms with Gasteiger partial charge < -0.3 is 5.32 Å². The van der Waals surface area contributed by atoms with E-state index in [1.807, 2.05) is 13.0 Å². The molecule has 1 aliphatic heterocycles. The fourth-order valence-corrected chi connectivity index (χ4v) is 2.38. The number of anilines is 1. The second kappa shape index (κ2) is 3.48. The van der Waals surface area contributed by atoms with Crippen LogP contribution in [0.3, 0.4) is 0 Å². The molecular formula is C14H17NO. The van der Waals surface area contributed by atoms with Crippen molar-refractivity contribution >= 4 is 17.2 Å². The van der Waals surface area contributed by atoms with Crippen LogP contribution in [0.4, 0.5) is 5.69 Å². The highest BCUT2D eigenvalue weighted by molar-refractivity contribution is 6.32. The highest BCUT2D eigenvalue weighted by Crippen LogP contribution is 2.40. The van der Waals surface area contributed by atoms with Crippen LogP contribution < -0.4 is 5.32 Å². The maximum absolute atomic E-state index is 11.8. The summed E-state index contributed by atoms with van der Waals surface area (Å²) in [6.45, 7) is 10.3. The first-order valence-corrected chi connectivity index (χ1v) is 5.57. The minimum atomic E-state index is 0.0219. The summed E-state index contributed by atoms with van der Waals surface area (Å²) in [4.78, 5) is 11.8. The molecule has 2 nitrogen and oxygen atoms in total. The third-order valence-corrected chi connectivity index (χ3v) is 3.73. The molecule has 0 aliphatic carbocycles. The Morgan fingerprint density at radius 2 is 1.50 bits per heavy atom. The lowest BCUT2D eigenvalue weighted by atomic mass is 9.90. The van der Waals surface area contributed by atoms with Crippen molar-refractivity contribution in [2.45, 2.75) is 34.6 Å². The Kier molecular flexibility index (Phi) is 2.38. The molecule has 0 bridgehead atoms. The molecule has 2 rings (SSSR count). The lowest BCUT2D eigenvalue weighted by Gasteiger charge is -2.14. The van der Waals surface area contributed by atoms with Crippen LogP contribution in [-0.2, 0) is 4.79 Å². The summed E-state index contributed by atoms with van der Waals surface area (Å²) in [7, 11) is 0. The minimum Gasteiger partial charge on any atom is -0.321 e. The molecule has 84 valence electrons. The fourth-order valence-electron chi connectivity index (χ4n) is 2.38. The summed E-state index contributed by atoms with van der Waals surface area (Å²) >= 11 is 0. The first kappa shape index (κ1) is 10.9. The number of carbonyl (C=O) groups is 1. The lowest BCUT2D eigenvalue weighted by molar-refractivity contribution is -0.110. The van der Waals surface area contributed by atoms with Crippen LogP contribution in [0.5, 0.6) is 0 Å². The Labute approximate surface area is 96.4 Å². The second-order valence-corrected chi connectivity index (χ2v) is 4.41. The van der Waals surface area contributed by atoms with Crippen molar-refractivity contribution in [3.63, 3.8) is 0 Å². The maximum Gasteiger partial charge on any atom is 0.256 e. The number of hydrogen-bond acceptors (Lipinski definition) is 1. The minimum absolute atomic E-state index is 0.0219. The molecule has 0 radical (unpaired) electrons. The molecule has 1 aromatic carbocycles. The van der Waals surface area contributed by atoms with Crippen LogP contribution in [-0.4, -0.2) is 5.91 Å². The summed E-state index contributed by atoms with van der Waals surface area (Å²) < 4.78 is 0. The highest BCUT2D eigenvalue weighted by Gasteiger charge is 2.28. The standard InChI is InChI=1S/C14H17NO/c1-6-11-12-9(4)7(2)8(3)10(5)13(12)15-14(11)16/h6H,1-5H3,(H,15,16)/b11-6-. The molecule has 1 aromatic rings. The molecule has 0 unspecified atom stereocenters. The Bertz CT molecular complexity index is 524. The second-order valence-electron chi connectivity index (χ2n) is 4.41. The van der Waals surface area contributed by atoms with E-state index in [0.717, 1.165) is 16.8 Å². The largest absolute Gasteiger partial charge is 0.321 e. The average Bonchev–Trinajstić information content (AvgIpc) is 2.60. The van der Waals surface area contributed by atoms with E-state index in [0.29, 0.717) is 0 Å². The number of rotatable bonds is 0. The van der Waals surface area contributed by atoms with Crippen LogP contribution in [0.15, 0.2) is 6.08 Å². The van der Waals surface area contributed by atoms with Crippen molar-refractivity contribution in [2.24, 2.45) is 0 Å². The summed E-state index contributed by atoms with van der Waals surface area (Å²) in [6, 6.07) is 0. The van der Waals surface area contributed by atoms with Gasteiger partial charge in [0, 0.05) is 11.1 Å². The van der Waals surface area contributed by atoms with E-state index < -0.39 is 0 Å². The van der Waals surface area contributed by atoms with Crippen molar-refractivity contribution in [1.82, 2.24) is 0 Å². The van der Waals surface area contributed by atoms with E-state index in [4.69, 9.17) is 0 Å². The quantitative estimate of drug-likeness (QED) is 0.661. The molecule has 0 atom stereocenters. The molecule has 1 N–H and O–H groups in total. The maximum atomic E-state index is 11.8. The van der Waals surface area contributed by atoms with Gasteiger partial charge in [0.25, 0.3) is 5.91 Å². The number of amides is 1. The number of fused-ring (bicyclic) bond motifs is 1. The zero-order valence-corrected chi connectivity index (χ0v) is 10.5. The topological polar surface area (TPSA) is 29.1 Å². The Balaban J connectivity index is 2.87. The Morgan fingerprint density at radius 3 is 2.06 bits per heavy atom. The van der Waals surface area contributed by atoms with E-state index in [1.54, 1.807) is 0 Å². The predicted octanol–water partition coefficient (Wildman–Crippen LogP) is 3.28. The average molecular weight is 215 g/mol. The normalized spacial score (nSPS) is 16.6. The lowest BCUT2D eigenvalue weighted by Crippen LogP contribution is -2.04. The van der Waals surface area contributed by atoms with Gasteiger partial charge in [0.15, 0.2) is 0 Å². The molecule has 1 heterocycles. The van der Waals surface area contributed by atoms with Crippen molar-refractivity contribution in [3.05, 3.63) is 33.9 Å².